The van der Waals surface area contributed by atoms with Gasteiger partial charge in [0.2, 0.25) is 0 Å². The summed E-state index contributed by atoms with van der Waals surface area (Å²) in [5, 5.41) is 0.00940. The summed E-state index contributed by atoms with van der Waals surface area (Å²) in [4.78, 5) is 26.1. The minimum absolute atomic E-state index is 0.00940. The molecule has 0 aliphatic carbocycles. The summed E-state index contributed by atoms with van der Waals surface area (Å²) < 4.78 is 5.48. The van der Waals surface area contributed by atoms with Gasteiger partial charge in [-0.3, -0.25) is 14.5 Å². The largest absolute Gasteiger partial charge is 0.381 e. The van der Waals surface area contributed by atoms with Crippen LogP contribution in [0.1, 0.15) is 42.9 Å². The summed E-state index contributed by atoms with van der Waals surface area (Å²) in [5.41, 5.74) is 3.20. The van der Waals surface area contributed by atoms with E-state index >= 15 is 0 Å². The van der Waals surface area contributed by atoms with Crippen LogP contribution in [0.3, 0.4) is 0 Å². The summed E-state index contributed by atoms with van der Waals surface area (Å²) in [7, 11) is 0. The normalized spacial score (nSPS) is 14.9. The van der Waals surface area contributed by atoms with Crippen LogP contribution in [-0.2, 0) is 14.3 Å². The summed E-state index contributed by atoms with van der Waals surface area (Å²) in [6, 6.07) is 5.67. The van der Waals surface area contributed by atoms with Crippen LogP contribution >= 0.6 is 11.6 Å². The first kappa shape index (κ1) is 18.7. The van der Waals surface area contributed by atoms with Gasteiger partial charge in [0.1, 0.15) is 5.03 Å². The average molecular weight is 350 g/mol. The van der Waals surface area contributed by atoms with E-state index in [4.69, 9.17) is 16.3 Å². The highest BCUT2D eigenvalue weighted by Gasteiger charge is 2.37. The number of halogens is 1. The number of benzene rings is 1. The summed E-state index contributed by atoms with van der Waals surface area (Å²) in [5.74, 6) is -0.731. The highest BCUT2D eigenvalue weighted by atomic mass is 35.5. The lowest BCUT2D eigenvalue weighted by Gasteiger charge is -2.15. The standard InChI is InChI=1S/C19H24ClNO3/c1-4-5-10-24-11-6-9-21-18(22)16(17(20)19(21)23)15-8-7-13(2)14(3)12-15/h7-8,12H,4-6,9-11H2,1-3H3. The van der Waals surface area contributed by atoms with Crippen molar-refractivity contribution in [1.29, 1.82) is 0 Å². The first-order valence-electron chi connectivity index (χ1n) is 8.38. The summed E-state index contributed by atoms with van der Waals surface area (Å²) in [6.45, 7) is 7.65. The number of amides is 2. The van der Waals surface area contributed by atoms with Gasteiger partial charge in [0, 0.05) is 19.8 Å². The minimum atomic E-state index is -0.413. The van der Waals surface area contributed by atoms with E-state index in [1.807, 2.05) is 32.0 Å². The molecule has 0 spiro atoms. The van der Waals surface area contributed by atoms with Crippen LogP contribution in [0.5, 0.6) is 0 Å². The number of rotatable bonds is 8. The van der Waals surface area contributed by atoms with Crippen molar-refractivity contribution in [3.63, 3.8) is 0 Å². The molecule has 4 nitrogen and oxygen atoms in total. The van der Waals surface area contributed by atoms with Gasteiger partial charge in [0.25, 0.3) is 11.8 Å². The van der Waals surface area contributed by atoms with Crippen LogP contribution in [-0.4, -0.2) is 36.5 Å². The highest BCUT2D eigenvalue weighted by Crippen LogP contribution is 2.32. The van der Waals surface area contributed by atoms with Gasteiger partial charge in [-0.05, 0) is 43.4 Å². The number of hydrogen-bond acceptors (Lipinski definition) is 3. The molecule has 1 heterocycles. The highest BCUT2D eigenvalue weighted by molar-refractivity contribution is 6.55. The molecule has 2 rings (SSSR count). The maximum absolute atomic E-state index is 12.6. The number of ether oxygens (including phenoxy) is 1. The Balaban J connectivity index is 2.03. The first-order chi connectivity index (χ1) is 11.5. The van der Waals surface area contributed by atoms with Gasteiger partial charge in [-0.1, -0.05) is 43.1 Å². The molecule has 0 unspecified atom stereocenters. The summed E-state index contributed by atoms with van der Waals surface area (Å²) >= 11 is 6.16. The molecule has 0 saturated heterocycles. The number of carbonyl (C=O) groups excluding carboxylic acids is 2. The van der Waals surface area contributed by atoms with E-state index in [-0.39, 0.29) is 10.9 Å². The zero-order chi connectivity index (χ0) is 17.7. The van der Waals surface area contributed by atoms with Gasteiger partial charge >= 0.3 is 0 Å². The molecular formula is C19H24ClNO3. The Morgan fingerprint density at radius 3 is 2.42 bits per heavy atom. The zero-order valence-corrected chi connectivity index (χ0v) is 15.3. The van der Waals surface area contributed by atoms with E-state index in [0.29, 0.717) is 37.3 Å². The second kappa shape index (κ2) is 8.45. The van der Waals surface area contributed by atoms with Crippen molar-refractivity contribution >= 4 is 29.0 Å². The Kier molecular flexibility index (Phi) is 6.58. The fourth-order valence-electron chi connectivity index (χ4n) is 2.57. The molecule has 0 atom stereocenters. The smallest absolute Gasteiger partial charge is 0.273 e. The van der Waals surface area contributed by atoms with Crippen LogP contribution in [0.4, 0.5) is 0 Å². The number of unbranched alkanes of at least 4 members (excludes halogenated alkanes) is 1. The molecular weight excluding hydrogens is 326 g/mol. The number of imide groups is 1. The topological polar surface area (TPSA) is 46.6 Å². The SMILES string of the molecule is CCCCOCCCN1C(=O)C(Cl)=C(c2ccc(C)c(C)c2)C1=O. The van der Waals surface area contributed by atoms with Crippen molar-refractivity contribution < 1.29 is 14.3 Å². The van der Waals surface area contributed by atoms with E-state index in [1.165, 1.54) is 4.90 Å². The van der Waals surface area contributed by atoms with Crippen molar-refractivity contribution in [2.45, 2.75) is 40.0 Å². The minimum Gasteiger partial charge on any atom is -0.381 e. The third kappa shape index (κ3) is 4.05. The Morgan fingerprint density at radius 2 is 1.75 bits per heavy atom. The molecule has 5 heteroatoms. The zero-order valence-electron chi connectivity index (χ0n) is 14.5. The van der Waals surface area contributed by atoms with Crippen molar-refractivity contribution in [3.05, 3.63) is 39.9 Å². The van der Waals surface area contributed by atoms with Gasteiger partial charge < -0.3 is 4.74 Å². The molecule has 0 bridgehead atoms. The van der Waals surface area contributed by atoms with Crippen LogP contribution in [0.15, 0.2) is 23.2 Å². The molecule has 0 saturated carbocycles. The number of nitrogens with zero attached hydrogens (tertiary/aromatic N) is 1. The molecule has 1 aliphatic rings. The van der Waals surface area contributed by atoms with E-state index < -0.39 is 5.91 Å². The van der Waals surface area contributed by atoms with Gasteiger partial charge in [-0.2, -0.15) is 0 Å². The predicted octanol–water partition coefficient (Wildman–Crippen LogP) is 3.83. The number of hydrogen-bond donors (Lipinski definition) is 0. The van der Waals surface area contributed by atoms with E-state index in [2.05, 4.69) is 6.92 Å². The Morgan fingerprint density at radius 1 is 1.04 bits per heavy atom. The fourth-order valence-corrected chi connectivity index (χ4v) is 2.86. The average Bonchev–Trinajstić information content (AvgIpc) is 2.76. The molecule has 0 fully saturated rings. The predicted molar refractivity (Wildman–Crippen MR) is 95.8 cm³/mol. The monoisotopic (exact) mass is 349 g/mol. The third-order valence-electron chi connectivity index (χ3n) is 4.22. The van der Waals surface area contributed by atoms with Crippen molar-refractivity contribution in [3.8, 4) is 0 Å². The van der Waals surface area contributed by atoms with Crippen molar-refractivity contribution in [1.82, 2.24) is 4.90 Å². The van der Waals surface area contributed by atoms with Gasteiger partial charge in [-0.15, -0.1) is 0 Å². The molecule has 1 aromatic carbocycles. The van der Waals surface area contributed by atoms with Crippen molar-refractivity contribution in [2.24, 2.45) is 0 Å². The van der Waals surface area contributed by atoms with E-state index in [1.54, 1.807) is 0 Å². The molecule has 24 heavy (non-hydrogen) atoms. The second-order valence-electron chi connectivity index (χ2n) is 6.07. The van der Waals surface area contributed by atoms with Gasteiger partial charge in [-0.25, -0.2) is 0 Å². The maximum atomic E-state index is 12.6. The molecule has 0 aromatic heterocycles. The van der Waals surface area contributed by atoms with Gasteiger partial charge in [0.05, 0.1) is 5.57 Å². The number of carbonyl (C=O) groups is 2. The molecule has 2 amide bonds. The molecule has 0 N–H and O–H groups in total. The van der Waals surface area contributed by atoms with E-state index in [9.17, 15) is 9.59 Å². The second-order valence-corrected chi connectivity index (χ2v) is 6.45. The molecule has 130 valence electrons. The van der Waals surface area contributed by atoms with Crippen LogP contribution in [0, 0.1) is 13.8 Å². The Hall–Kier alpha value is -1.65. The van der Waals surface area contributed by atoms with Crippen LogP contribution < -0.4 is 0 Å². The third-order valence-corrected chi connectivity index (χ3v) is 4.57. The van der Waals surface area contributed by atoms with Crippen LogP contribution in [0.25, 0.3) is 5.57 Å². The molecule has 0 radical (unpaired) electrons. The maximum Gasteiger partial charge on any atom is 0.273 e. The quantitative estimate of drug-likeness (QED) is 0.529. The Bertz CT molecular complexity index is 667. The lowest BCUT2D eigenvalue weighted by Crippen LogP contribution is -2.32. The Labute approximate surface area is 148 Å². The fraction of sp³-hybridized carbons (Fsp3) is 0.474. The molecule has 1 aliphatic heterocycles. The van der Waals surface area contributed by atoms with Gasteiger partial charge in [0.15, 0.2) is 0 Å². The van der Waals surface area contributed by atoms with Crippen LogP contribution in [0.2, 0.25) is 0 Å². The molecule has 1 aromatic rings. The van der Waals surface area contributed by atoms with Crippen molar-refractivity contribution in [2.75, 3.05) is 19.8 Å². The summed E-state index contributed by atoms with van der Waals surface area (Å²) in [6.07, 6.45) is 2.72. The lowest BCUT2D eigenvalue weighted by molar-refractivity contribution is -0.136. The van der Waals surface area contributed by atoms with E-state index in [0.717, 1.165) is 24.0 Å². The lowest BCUT2D eigenvalue weighted by atomic mass is 10.0. The first-order valence-corrected chi connectivity index (χ1v) is 8.76. The number of aryl methyl sites for hydroxylation is 2.